The van der Waals surface area contributed by atoms with Crippen LogP contribution in [0.3, 0.4) is 0 Å². The summed E-state index contributed by atoms with van der Waals surface area (Å²) in [5.41, 5.74) is 3.51. The number of hydrogen-bond acceptors (Lipinski definition) is 3. The van der Waals surface area contributed by atoms with Crippen LogP contribution < -0.4 is 0 Å². The molecule has 2 aliphatic heterocycles. The molecular formula is C24H28FN3O. The van der Waals surface area contributed by atoms with Crippen molar-refractivity contribution in [2.75, 3.05) is 26.2 Å². The molecule has 0 aliphatic carbocycles. The van der Waals surface area contributed by atoms with E-state index in [0.29, 0.717) is 17.7 Å². The number of nitriles is 1. The van der Waals surface area contributed by atoms with Crippen LogP contribution >= 0.6 is 0 Å². The highest BCUT2D eigenvalue weighted by molar-refractivity contribution is 5.98. The molecule has 1 amide bonds. The van der Waals surface area contributed by atoms with Gasteiger partial charge in [-0.15, -0.1) is 0 Å². The lowest BCUT2D eigenvalue weighted by Crippen LogP contribution is -2.37. The van der Waals surface area contributed by atoms with Crippen LogP contribution in [0.5, 0.6) is 0 Å². The topological polar surface area (TPSA) is 47.3 Å². The molecule has 0 aromatic heterocycles. The fourth-order valence-electron chi connectivity index (χ4n) is 3.73. The first-order chi connectivity index (χ1) is 14.0. The highest BCUT2D eigenvalue weighted by Gasteiger charge is 2.24. The Morgan fingerprint density at radius 3 is 2.69 bits per heavy atom. The molecule has 1 aromatic carbocycles. The summed E-state index contributed by atoms with van der Waals surface area (Å²) < 4.78 is 14.3. The van der Waals surface area contributed by atoms with Crippen LogP contribution in [0.2, 0.25) is 0 Å². The van der Waals surface area contributed by atoms with Crippen LogP contribution in [0.15, 0.2) is 47.6 Å². The van der Waals surface area contributed by atoms with Gasteiger partial charge in [-0.1, -0.05) is 23.8 Å². The van der Waals surface area contributed by atoms with Crippen molar-refractivity contribution >= 4 is 11.6 Å². The summed E-state index contributed by atoms with van der Waals surface area (Å²) in [5, 5.41) is 9.02. The second kappa shape index (κ2) is 9.56. The van der Waals surface area contributed by atoms with Crippen LogP contribution in [0.1, 0.15) is 50.7 Å². The molecule has 2 aliphatic rings. The fourth-order valence-corrected chi connectivity index (χ4v) is 3.73. The smallest absolute Gasteiger partial charge is 0.253 e. The van der Waals surface area contributed by atoms with Crippen LogP contribution in [0, 0.1) is 17.1 Å². The van der Waals surface area contributed by atoms with E-state index in [-0.39, 0.29) is 11.5 Å². The van der Waals surface area contributed by atoms with Gasteiger partial charge in [0.1, 0.15) is 11.9 Å². The Hall–Kier alpha value is -2.87. The summed E-state index contributed by atoms with van der Waals surface area (Å²) in [5.74, 6) is -0.477. The van der Waals surface area contributed by atoms with Crippen molar-refractivity contribution < 1.29 is 9.18 Å². The van der Waals surface area contributed by atoms with Gasteiger partial charge in [-0.3, -0.25) is 4.79 Å². The molecule has 0 N–H and O–H groups in total. The minimum absolute atomic E-state index is 0.0293. The van der Waals surface area contributed by atoms with E-state index in [9.17, 15) is 9.18 Å². The van der Waals surface area contributed by atoms with Gasteiger partial charge in [-0.2, -0.15) is 5.26 Å². The summed E-state index contributed by atoms with van der Waals surface area (Å²) in [4.78, 5) is 17.1. The van der Waals surface area contributed by atoms with Crippen molar-refractivity contribution in [2.45, 2.75) is 39.5 Å². The number of rotatable bonds is 5. The van der Waals surface area contributed by atoms with Crippen LogP contribution in [0.25, 0.3) is 5.70 Å². The van der Waals surface area contributed by atoms with Gasteiger partial charge in [0.25, 0.3) is 5.91 Å². The molecule has 2 heterocycles. The molecule has 3 rings (SSSR count). The Bertz CT molecular complexity index is 901. The summed E-state index contributed by atoms with van der Waals surface area (Å²) >= 11 is 0. The Balaban J connectivity index is 1.90. The molecule has 0 radical (unpaired) electrons. The maximum atomic E-state index is 14.3. The Labute approximate surface area is 172 Å². The first-order valence-corrected chi connectivity index (χ1v) is 10.3. The third-order valence-corrected chi connectivity index (χ3v) is 5.71. The van der Waals surface area contributed by atoms with Crippen LogP contribution in [-0.4, -0.2) is 41.9 Å². The highest BCUT2D eigenvalue weighted by Crippen LogP contribution is 2.28. The molecule has 4 nitrogen and oxygen atoms in total. The number of hydrogen-bond donors (Lipinski definition) is 0. The highest BCUT2D eigenvalue weighted by atomic mass is 19.1. The summed E-state index contributed by atoms with van der Waals surface area (Å²) in [6.45, 7) is 7.11. The lowest BCUT2D eigenvalue weighted by atomic mass is 10.00. The van der Waals surface area contributed by atoms with E-state index in [4.69, 9.17) is 5.26 Å². The Morgan fingerprint density at radius 2 is 2.03 bits per heavy atom. The zero-order chi connectivity index (χ0) is 20.8. The molecule has 0 spiro atoms. The molecule has 1 aromatic rings. The minimum atomic E-state index is -0.533. The SMILES string of the molecule is C/C=C(\C)CCN1CC=C(C(=O)N2CCCCC2)C=C1c1ccc(C#N)c(F)c1. The number of carbonyl (C=O) groups excluding carboxylic acids is 1. The zero-order valence-electron chi connectivity index (χ0n) is 17.2. The molecule has 29 heavy (non-hydrogen) atoms. The van der Waals surface area contributed by atoms with Crippen molar-refractivity contribution in [2.24, 2.45) is 0 Å². The number of nitrogens with zero attached hydrogens (tertiary/aromatic N) is 3. The molecule has 1 saturated heterocycles. The van der Waals surface area contributed by atoms with Gasteiger partial charge in [0.2, 0.25) is 0 Å². The van der Waals surface area contributed by atoms with Gasteiger partial charge in [0.15, 0.2) is 0 Å². The summed E-state index contributed by atoms with van der Waals surface area (Å²) in [6.07, 6.45) is 10.1. The van der Waals surface area contributed by atoms with Gasteiger partial charge >= 0.3 is 0 Å². The van der Waals surface area contributed by atoms with Gasteiger partial charge < -0.3 is 9.80 Å². The van der Waals surface area contributed by atoms with Gasteiger partial charge in [0.05, 0.1) is 5.56 Å². The predicted molar refractivity (Wildman–Crippen MR) is 113 cm³/mol. The largest absolute Gasteiger partial charge is 0.367 e. The second-order valence-electron chi connectivity index (χ2n) is 7.68. The van der Waals surface area contributed by atoms with E-state index in [1.165, 1.54) is 24.1 Å². The predicted octanol–water partition coefficient (Wildman–Crippen LogP) is 4.65. The number of amides is 1. The molecule has 0 unspecified atom stereocenters. The van der Waals surface area contributed by atoms with E-state index in [2.05, 4.69) is 17.9 Å². The normalized spacial score (nSPS) is 17.5. The average Bonchev–Trinajstić information content (AvgIpc) is 2.77. The van der Waals surface area contributed by atoms with Gasteiger partial charge in [0, 0.05) is 43.0 Å². The van der Waals surface area contributed by atoms with Crippen molar-refractivity contribution in [3.63, 3.8) is 0 Å². The molecule has 1 fully saturated rings. The average molecular weight is 394 g/mol. The zero-order valence-corrected chi connectivity index (χ0v) is 17.2. The van der Waals surface area contributed by atoms with Crippen molar-refractivity contribution in [1.29, 1.82) is 5.26 Å². The molecule has 152 valence electrons. The minimum Gasteiger partial charge on any atom is -0.367 e. The second-order valence-corrected chi connectivity index (χ2v) is 7.68. The van der Waals surface area contributed by atoms with Crippen molar-refractivity contribution in [3.8, 4) is 6.07 Å². The number of halogens is 1. The quantitative estimate of drug-likeness (QED) is 0.684. The first kappa shape index (κ1) is 20.9. The number of allylic oxidation sites excluding steroid dienone is 1. The van der Waals surface area contributed by atoms with Gasteiger partial charge in [-0.25, -0.2) is 4.39 Å². The molecule has 0 atom stereocenters. The maximum Gasteiger partial charge on any atom is 0.253 e. The number of piperidine rings is 1. The van der Waals surface area contributed by atoms with Gasteiger partial charge in [-0.05, 0) is 57.7 Å². The van der Waals surface area contributed by atoms with Crippen LogP contribution in [0.4, 0.5) is 4.39 Å². The molecule has 0 bridgehead atoms. The van der Waals surface area contributed by atoms with Crippen molar-refractivity contribution in [1.82, 2.24) is 9.80 Å². The maximum absolute atomic E-state index is 14.3. The molecule has 5 heteroatoms. The standard InChI is InChI=1S/C24H28FN3O/c1-3-18(2)9-13-27-14-10-20(24(29)28-11-5-4-6-12-28)16-23(27)19-7-8-21(17-26)22(25)15-19/h3,7-8,10,15-16H,4-6,9,11-14H2,1-2H3/b18-3+. The van der Waals surface area contributed by atoms with Crippen molar-refractivity contribution in [3.05, 3.63) is 64.5 Å². The first-order valence-electron chi connectivity index (χ1n) is 10.3. The fraction of sp³-hybridized carbons (Fsp3) is 0.417. The summed E-state index contributed by atoms with van der Waals surface area (Å²) in [6, 6.07) is 6.53. The Morgan fingerprint density at radius 1 is 1.28 bits per heavy atom. The lowest BCUT2D eigenvalue weighted by molar-refractivity contribution is -0.127. The number of benzene rings is 1. The van der Waals surface area contributed by atoms with E-state index >= 15 is 0 Å². The van der Waals surface area contributed by atoms with Crippen LogP contribution in [-0.2, 0) is 4.79 Å². The van der Waals surface area contributed by atoms with E-state index in [0.717, 1.165) is 44.6 Å². The number of likely N-dealkylation sites (tertiary alicyclic amines) is 1. The number of carbonyl (C=O) groups is 1. The Kier molecular flexibility index (Phi) is 6.87. The lowest BCUT2D eigenvalue weighted by Gasteiger charge is -2.32. The molecular weight excluding hydrogens is 365 g/mol. The third kappa shape index (κ3) is 4.95. The summed E-state index contributed by atoms with van der Waals surface area (Å²) in [7, 11) is 0. The third-order valence-electron chi connectivity index (χ3n) is 5.71. The molecule has 0 saturated carbocycles. The van der Waals surface area contributed by atoms with E-state index < -0.39 is 5.82 Å². The monoisotopic (exact) mass is 393 g/mol. The van der Waals surface area contributed by atoms with E-state index in [1.807, 2.05) is 30.0 Å². The van der Waals surface area contributed by atoms with E-state index in [1.54, 1.807) is 6.07 Å².